The highest BCUT2D eigenvalue weighted by atomic mass is 35.5. The molecule has 5 nitrogen and oxygen atoms in total. The standard InChI is InChI=1S/C21H33ClN4O/c1-5-7-9-20(10-11-23)21(18(3)24-4)26(22)17-19(8-6-2)16-25-12-14-27-15-13-25/h6,8-11,17H,4-5,7,12-16,23H2,1-3H3/b8-6-,11-10+,19-17+,20-9+,21-18-. The average Bonchev–Trinajstić information content (AvgIpc) is 2.67. The smallest absolute Gasteiger partial charge is 0.0855 e. The number of unbranched alkanes of at least 4 members (excludes halogenated alkanes) is 1. The zero-order valence-corrected chi connectivity index (χ0v) is 17.6. The van der Waals surface area contributed by atoms with Crippen LogP contribution in [0.15, 0.2) is 64.2 Å². The van der Waals surface area contributed by atoms with Gasteiger partial charge < -0.3 is 10.5 Å². The maximum absolute atomic E-state index is 6.70. The van der Waals surface area contributed by atoms with Gasteiger partial charge >= 0.3 is 0 Å². The molecule has 1 rings (SSSR count). The minimum atomic E-state index is 0.743. The third-order valence-corrected chi connectivity index (χ3v) is 4.43. The van der Waals surface area contributed by atoms with Gasteiger partial charge in [-0.3, -0.25) is 14.3 Å². The molecule has 0 atom stereocenters. The van der Waals surface area contributed by atoms with Gasteiger partial charge in [-0.15, -0.1) is 0 Å². The van der Waals surface area contributed by atoms with Gasteiger partial charge in [0.15, 0.2) is 0 Å². The van der Waals surface area contributed by atoms with Gasteiger partial charge in [0.25, 0.3) is 0 Å². The van der Waals surface area contributed by atoms with E-state index in [1.807, 2.05) is 32.2 Å². The SMILES string of the molecule is C=N/C(C)=C(C(/C=C/N)=C/CCC)\N(Cl)/C=C(\C=C/C)CN1CCOCC1. The van der Waals surface area contributed by atoms with Crippen LogP contribution in [0.1, 0.15) is 33.6 Å². The molecule has 0 amide bonds. The van der Waals surface area contributed by atoms with Gasteiger partial charge in [-0.2, -0.15) is 0 Å². The van der Waals surface area contributed by atoms with Crippen molar-refractivity contribution in [3.8, 4) is 0 Å². The Morgan fingerprint density at radius 2 is 2.04 bits per heavy atom. The van der Waals surface area contributed by atoms with Crippen molar-refractivity contribution in [3.63, 3.8) is 0 Å². The van der Waals surface area contributed by atoms with Crippen molar-refractivity contribution in [3.05, 3.63) is 59.2 Å². The van der Waals surface area contributed by atoms with Crippen molar-refractivity contribution in [2.45, 2.75) is 33.6 Å². The molecule has 0 aromatic heterocycles. The molecular formula is C21H33ClN4O. The summed E-state index contributed by atoms with van der Waals surface area (Å²) in [5, 5.41) is 0. The molecular weight excluding hydrogens is 360 g/mol. The topological polar surface area (TPSA) is 54.1 Å². The minimum Gasteiger partial charge on any atom is -0.405 e. The van der Waals surface area contributed by atoms with Crippen molar-refractivity contribution in [1.29, 1.82) is 0 Å². The van der Waals surface area contributed by atoms with Crippen LogP contribution in [0.25, 0.3) is 0 Å². The molecule has 150 valence electrons. The van der Waals surface area contributed by atoms with Crippen molar-refractivity contribution >= 4 is 18.5 Å². The number of hydrogen-bond acceptors (Lipinski definition) is 5. The Morgan fingerprint density at radius 3 is 2.59 bits per heavy atom. The summed E-state index contributed by atoms with van der Waals surface area (Å²) in [6.45, 7) is 13.9. The Kier molecular flexibility index (Phi) is 11.5. The highest BCUT2D eigenvalue weighted by molar-refractivity contribution is 6.15. The molecule has 0 radical (unpaired) electrons. The van der Waals surface area contributed by atoms with E-state index in [4.69, 9.17) is 22.2 Å². The third-order valence-electron chi connectivity index (χ3n) is 4.17. The maximum Gasteiger partial charge on any atom is 0.0855 e. The Balaban J connectivity index is 3.18. The molecule has 1 heterocycles. The molecule has 0 aromatic carbocycles. The van der Waals surface area contributed by atoms with Crippen LogP contribution in [0.5, 0.6) is 0 Å². The zero-order valence-electron chi connectivity index (χ0n) is 16.8. The predicted octanol–water partition coefficient (Wildman–Crippen LogP) is 4.37. The second-order valence-corrected chi connectivity index (χ2v) is 6.67. The first-order chi connectivity index (χ1) is 13.1. The lowest BCUT2D eigenvalue weighted by atomic mass is 10.1. The van der Waals surface area contributed by atoms with E-state index in [0.29, 0.717) is 0 Å². The van der Waals surface area contributed by atoms with E-state index in [-0.39, 0.29) is 0 Å². The third kappa shape index (κ3) is 8.16. The van der Waals surface area contributed by atoms with Crippen LogP contribution in [0.4, 0.5) is 0 Å². The fourth-order valence-corrected chi connectivity index (χ4v) is 3.13. The molecule has 1 aliphatic heterocycles. The molecule has 0 bridgehead atoms. The maximum atomic E-state index is 6.70. The Labute approximate surface area is 169 Å². The Morgan fingerprint density at radius 1 is 1.33 bits per heavy atom. The summed E-state index contributed by atoms with van der Waals surface area (Å²) in [4.78, 5) is 6.46. The highest BCUT2D eigenvalue weighted by Crippen LogP contribution is 2.26. The molecule has 2 N–H and O–H groups in total. The van der Waals surface area contributed by atoms with Gasteiger partial charge in [-0.05, 0) is 50.4 Å². The number of aliphatic imine (C=N–C) groups is 1. The molecule has 1 saturated heterocycles. The number of hydrogen-bond donors (Lipinski definition) is 1. The minimum absolute atomic E-state index is 0.743. The summed E-state index contributed by atoms with van der Waals surface area (Å²) >= 11 is 6.70. The number of rotatable bonds is 10. The second kappa shape index (κ2) is 13.4. The van der Waals surface area contributed by atoms with Crippen LogP contribution < -0.4 is 5.73 Å². The largest absolute Gasteiger partial charge is 0.405 e. The van der Waals surface area contributed by atoms with E-state index < -0.39 is 0 Å². The lowest BCUT2D eigenvalue weighted by molar-refractivity contribution is 0.0425. The summed E-state index contributed by atoms with van der Waals surface area (Å²) in [5.74, 6) is 0. The molecule has 0 aromatic rings. The first-order valence-electron chi connectivity index (χ1n) is 9.42. The molecule has 6 heteroatoms. The van der Waals surface area contributed by atoms with Gasteiger partial charge in [0.2, 0.25) is 0 Å². The van der Waals surface area contributed by atoms with E-state index in [0.717, 1.165) is 68.2 Å². The summed E-state index contributed by atoms with van der Waals surface area (Å²) in [6, 6.07) is 0. The lowest BCUT2D eigenvalue weighted by Gasteiger charge is -2.27. The van der Waals surface area contributed by atoms with Gasteiger partial charge in [0, 0.05) is 37.6 Å². The average molecular weight is 393 g/mol. The summed E-state index contributed by atoms with van der Waals surface area (Å²) < 4.78 is 7.03. The number of allylic oxidation sites excluding steroid dienone is 4. The van der Waals surface area contributed by atoms with E-state index in [9.17, 15) is 0 Å². The van der Waals surface area contributed by atoms with Crippen LogP contribution in [-0.4, -0.2) is 48.9 Å². The van der Waals surface area contributed by atoms with E-state index >= 15 is 0 Å². The predicted molar refractivity (Wildman–Crippen MR) is 116 cm³/mol. The number of halogens is 1. The fourth-order valence-electron chi connectivity index (χ4n) is 2.79. The van der Waals surface area contributed by atoms with Crippen LogP contribution in [0.3, 0.4) is 0 Å². The van der Waals surface area contributed by atoms with Crippen LogP contribution in [-0.2, 0) is 4.74 Å². The molecule has 0 spiro atoms. The number of ether oxygens (including phenoxy) is 1. The quantitative estimate of drug-likeness (QED) is 0.341. The molecule has 27 heavy (non-hydrogen) atoms. The Bertz CT molecular complexity index is 614. The zero-order chi connectivity index (χ0) is 20.1. The van der Waals surface area contributed by atoms with E-state index in [1.165, 1.54) is 6.20 Å². The highest BCUT2D eigenvalue weighted by Gasteiger charge is 2.15. The molecule has 0 unspecified atom stereocenters. The first-order valence-corrected chi connectivity index (χ1v) is 9.76. The number of nitrogens with zero attached hydrogens (tertiary/aromatic N) is 3. The van der Waals surface area contributed by atoms with E-state index in [2.05, 4.69) is 35.7 Å². The molecule has 0 saturated carbocycles. The van der Waals surface area contributed by atoms with Gasteiger partial charge in [-0.25, -0.2) is 0 Å². The van der Waals surface area contributed by atoms with Gasteiger partial charge in [0.05, 0.1) is 24.6 Å². The molecule has 1 fully saturated rings. The fraction of sp³-hybridized carbons (Fsp3) is 0.476. The van der Waals surface area contributed by atoms with Crippen molar-refractivity contribution in [2.75, 3.05) is 32.8 Å². The van der Waals surface area contributed by atoms with Crippen LogP contribution in [0, 0.1) is 0 Å². The van der Waals surface area contributed by atoms with Crippen molar-refractivity contribution in [2.24, 2.45) is 10.7 Å². The Hall–Kier alpha value is -1.82. The van der Waals surface area contributed by atoms with E-state index in [1.54, 1.807) is 4.42 Å². The van der Waals surface area contributed by atoms with Gasteiger partial charge in [-0.1, -0.05) is 31.6 Å². The molecule has 0 aliphatic carbocycles. The van der Waals surface area contributed by atoms with Gasteiger partial charge in [0.1, 0.15) is 0 Å². The van der Waals surface area contributed by atoms with Crippen molar-refractivity contribution < 1.29 is 4.74 Å². The van der Waals surface area contributed by atoms with Crippen LogP contribution >= 0.6 is 11.8 Å². The van der Waals surface area contributed by atoms with Crippen molar-refractivity contribution in [1.82, 2.24) is 9.32 Å². The lowest BCUT2D eigenvalue weighted by Crippen LogP contribution is -2.37. The second-order valence-electron chi connectivity index (χ2n) is 6.30. The van der Waals surface area contributed by atoms with Crippen LogP contribution in [0.2, 0.25) is 0 Å². The molecule has 1 aliphatic rings. The summed E-state index contributed by atoms with van der Waals surface area (Å²) in [5.41, 5.74) is 9.22. The monoisotopic (exact) mass is 392 g/mol. The number of morpholine rings is 1. The normalized spacial score (nSPS) is 18.2. The number of nitrogens with two attached hydrogens (primary N) is 1. The summed E-state index contributed by atoms with van der Waals surface area (Å²) in [7, 11) is 0. The first kappa shape index (κ1) is 23.2. The summed E-state index contributed by atoms with van der Waals surface area (Å²) in [6.07, 6.45) is 13.5.